The molecule has 0 aliphatic heterocycles. The molecule has 1 aromatic carbocycles. The Balaban J connectivity index is 3.19. The lowest BCUT2D eigenvalue weighted by Gasteiger charge is -2.20. The largest absolute Gasteiger partial charge is 0.322 e. The van der Waals surface area contributed by atoms with Crippen LogP contribution in [0.15, 0.2) is 18.2 Å². The van der Waals surface area contributed by atoms with Crippen LogP contribution in [0.25, 0.3) is 0 Å². The van der Waals surface area contributed by atoms with Crippen molar-refractivity contribution < 1.29 is 4.39 Å². The first kappa shape index (κ1) is 9.49. The molecule has 0 radical (unpaired) electrons. The number of halogens is 2. The van der Waals surface area contributed by atoms with Crippen molar-refractivity contribution in [3.8, 4) is 0 Å². The molecule has 0 saturated carbocycles. The van der Waals surface area contributed by atoms with Crippen molar-refractivity contribution in [3.05, 3.63) is 34.6 Å². The molecule has 1 aromatic rings. The Kier molecular flexibility index (Phi) is 2.40. The quantitative estimate of drug-likeness (QED) is 0.719. The summed E-state index contributed by atoms with van der Waals surface area (Å²) in [5.41, 5.74) is 6.03. The molecule has 0 aliphatic rings. The smallest absolute Gasteiger partial charge is 0.124 e. The van der Waals surface area contributed by atoms with Crippen molar-refractivity contribution in [2.24, 2.45) is 5.73 Å². The molecule has 1 nitrogen and oxygen atoms in total. The molecular formula is C9H11ClFN. The van der Waals surface area contributed by atoms with E-state index in [-0.39, 0.29) is 5.82 Å². The lowest BCUT2D eigenvalue weighted by molar-refractivity contribution is 0.551. The molecule has 0 saturated heterocycles. The average Bonchev–Trinajstić information content (AvgIpc) is 1.83. The predicted octanol–water partition coefficient (Wildman–Crippen LogP) is 2.67. The molecule has 0 bridgehead atoms. The van der Waals surface area contributed by atoms with Crippen LogP contribution in [0, 0.1) is 5.82 Å². The topological polar surface area (TPSA) is 26.0 Å². The molecule has 2 N–H and O–H groups in total. The zero-order valence-corrected chi connectivity index (χ0v) is 7.82. The molecule has 1 rings (SSSR count). The van der Waals surface area contributed by atoms with Crippen LogP contribution in [0.5, 0.6) is 0 Å². The number of hydrogen-bond acceptors (Lipinski definition) is 1. The molecule has 0 unspecified atom stereocenters. The monoisotopic (exact) mass is 187 g/mol. The summed E-state index contributed by atoms with van der Waals surface area (Å²) in [5, 5.41) is 0.377. The molecule has 0 aromatic heterocycles. The lowest BCUT2D eigenvalue weighted by atomic mass is 9.96. The van der Waals surface area contributed by atoms with Gasteiger partial charge in [0.25, 0.3) is 0 Å². The first-order chi connectivity index (χ1) is 5.41. The maximum absolute atomic E-state index is 12.6. The number of benzene rings is 1. The molecular weight excluding hydrogens is 177 g/mol. The third kappa shape index (κ3) is 1.96. The fourth-order valence-electron chi connectivity index (χ4n) is 1.01. The lowest BCUT2D eigenvalue weighted by Crippen LogP contribution is -2.28. The van der Waals surface area contributed by atoms with E-state index in [9.17, 15) is 4.39 Å². The fourth-order valence-corrected chi connectivity index (χ4v) is 1.42. The Morgan fingerprint density at radius 3 is 2.42 bits per heavy atom. The summed E-state index contributed by atoms with van der Waals surface area (Å²) in [7, 11) is 0. The molecule has 0 amide bonds. The summed E-state index contributed by atoms with van der Waals surface area (Å²) in [4.78, 5) is 0. The first-order valence-corrected chi connectivity index (χ1v) is 4.03. The highest BCUT2D eigenvalue weighted by molar-refractivity contribution is 6.31. The van der Waals surface area contributed by atoms with Crippen molar-refractivity contribution in [1.82, 2.24) is 0 Å². The molecule has 3 heteroatoms. The molecule has 12 heavy (non-hydrogen) atoms. The van der Waals surface area contributed by atoms with Gasteiger partial charge in [-0.05, 0) is 31.5 Å². The normalized spacial score (nSPS) is 11.8. The maximum atomic E-state index is 12.6. The van der Waals surface area contributed by atoms with E-state index in [1.165, 1.54) is 12.1 Å². The van der Waals surface area contributed by atoms with Gasteiger partial charge in [-0.1, -0.05) is 17.7 Å². The van der Waals surface area contributed by atoms with Crippen LogP contribution < -0.4 is 5.73 Å². The van der Waals surface area contributed by atoms with Crippen molar-refractivity contribution >= 4 is 11.6 Å². The van der Waals surface area contributed by atoms with Crippen molar-refractivity contribution in [2.45, 2.75) is 19.4 Å². The van der Waals surface area contributed by atoms with Crippen molar-refractivity contribution in [3.63, 3.8) is 0 Å². The van der Waals surface area contributed by atoms with E-state index in [0.717, 1.165) is 5.56 Å². The van der Waals surface area contributed by atoms with Gasteiger partial charge in [0.2, 0.25) is 0 Å². The summed E-state index contributed by atoms with van der Waals surface area (Å²) >= 11 is 5.79. The van der Waals surface area contributed by atoms with Gasteiger partial charge in [-0.2, -0.15) is 0 Å². The maximum Gasteiger partial charge on any atom is 0.124 e. The Morgan fingerprint density at radius 2 is 2.00 bits per heavy atom. The summed E-state index contributed by atoms with van der Waals surface area (Å²) in [6.45, 7) is 3.65. The SMILES string of the molecule is CC(C)(N)c1ccc(F)cc1Cl. The van der Waals surface area contributed by atoms with Gasteiger partial charge in [0.05, 0.1) is 0 Å². The molecule has 0 heterocycles. The average molecular weight is 188 g/mol. The molecule has 0 fully saturated rings. The van der Waals surface area contributed by atoms with E-state index < -0.39 is 5.54 Å². The van der Waals surface area contributed by atoms with E-state index in [4.69, 9.17) is 17.3 Å². The van der Waals surface area contributed by atoms with Crippen LogP contribution in [-0.2, 0) is 5.54 Å². The van der Waals surface area contributed by atoms with E-state index in [2.05, 4.69) is 0 Å². The minimum atomic E-state index is -0.523. The highest BCUT2D eigenvalue weighted by Crippen LogP contribution is 2.25. The van der Waals surface area contributed by atoms with Gasteiger partial charge in [-0.15, -0.1) is 0 Å². The zero-order valence-electron chi connectivity index (χ0n) is 7.07. The van der Waals surface area contributed by atoms with Crippen LogP contribution in [0.3, 0.4) is 0 Å². The molecule has 0 atom stereocenters. The van der Waals surface area contributed by atoms with Crippen LogP contribution in [0.2, 0.25) is 5.02 Å². The number of hydrogen-bond donors (Lipinski definition) is 1. The van der Waals surface area contributed by atoms with Gasteiger partial charge < -0.3 is 5.73 Å². The highest BCUT2D eigenvalue weighted by Gasteiger charge is 2.17. The Morgan fingerprint density at radius 1 is 1.42 bits per heavy atom. The minimum Gasteiger partial charge on any atom is -0.322 e. The van der Waals surface area contributed by atoms with Crippen molar-refractivity contribution in [1.29, 1.82) is 0 Å². The number of rotatable bonds is 1. The van der Waals surface area contributed by atoms with Gasteiger partial charge in [-0.3, -0.25) is 0 Å². The number of nitrogens with two attached hydrogens (primary N) is 1. The standard InChI is InChI=1S/C9H11ClFN/c1-9(2,12)7-4-3-6(11)5-8(7)10/h3-5H,12H2,1-2H3. The predicted molar refractivity (Wildman–Crippen MR) is 48.6 cm³/mol. The van der Waals surface area contributed by atoms with Gasteiger partial charge in [-0.25, -0.2) is 4.39 Å². The summed E-state index contributed by atoms with van der Waals surface area (Å²) in [6, 6.07) is 4.24. The summed E-state index contributed by atoms with van der Waals surface area (Å²) < 4.78 is 12.6. The minimum absolute atomic E-state index is 0.340. The van der Waals surface area contributed by atoms with E-state index in [0.29, 0.717) is 5.02 Å². The zero-order chi connectivity index (χ0) is 9.35. The van der Waals surface area contributed by atoms with E-state index >= 15 is 0 Å². The Bertz CT molecular complexity index is 291. The molecule has 66 valence electrons. The van der Waals surface area contributed by atoms with E-state index in [1.54, 1.807) is 6.07 Å². The third-order valence-corrected chi connectivity index (χ3v) is 1.94. The Hall–Kier alpha value is -0.600. The third-order valence-electron chi connectivity index (χ3n) is 1.63. The van der Waals surface area contributed by atoms with Crippen LogP contribution in [0.4, 0.5) is 4.39 Å². The van der Waals surface area contributed by atoms with Gasteiger partial charge in [0, 0.05) is 10.6 Å². The summed E-state index contributed by atoms with van der Waals surface area (Å²) in [6.07, 6.45) is 0. The summed E-state index contributed by atoms with van der Waals surface area (Å²) in [5.74, 6) is -0.340. The molecule has 0 spiro atoms. The van der Waals surface area contributed by atoms with Crippen LogP contribution in [0.1, 0.15) is 19.4 Å². The fraction of sp³-hybridized carbons (Fsp3) is 0.333. The highest BCUT2D eigenvalue weighted by atomic mass is 35.5. The Labute approximate surface area is 76.3 Å². The second-order valence-electron chi connectivity index (χ2n) is 3.35. The second kappa shape index (κ2) is 3.04. The van der Waals surface area contributed by atoms with Gasteiger partial charge in [0.15, 0.2) is 0 Å². The van der Waals surface area contributed by atoms with E-state index in [1.807, 2.05) is 13.8 Å². The van der Waals surface area contributed by atoms with Gasteiger partial charge >= 0.3 is 0 Å². The van der Waals surface area contributed by atoms with Crippen molar-refractivity contribution in [2.75, 3.05) is 0 Å². The van der Waals surface area contributed by atoms with Crippen LogP contribution >= 0.6 is 11.6 Å². The molecule has 0 aliphatic carbocycles. The van der Waals surface area contributed by atoms with Gasteiger partial charge in [0.1, 0.15) is 5.82 Å². The first-order valence-electron chi connectivity index (χ1n) is 3.65. The second-order valence-corrected chi connectivity index (χ2v) is 3.75. The van der Waals surface area contributed by atoms with Crippen LogP contribution in [-0.4, -0.2) is 0 Å².